The van der Waals surface area contributed by atoms with Gasteiger partial charge < -0.3 is 9.64 Å². The fourth-order valence-corrected chi connectivity index (χ4v) is 2.30. The lowest BCUT2D eigenvalue weighted by Gasteiger charge is -2.48. The highest BCUT2D eigenvalue weighted by Gasteiger charge is 2.35. The lowest BCUT2D eigenvalue weighted by molar-refractivity contribution is -0.107. The van der Waals surface area contributed by atoms with Crippen molar-refractivity contribution in [2.24, 2.45) is 5.92 Å². The first-order valence-electron chi connectivity index (χ1n) is 6.00. The molecule has 0 unspecified atom stereocenters. The van der Waals surface area contributed by atoms with E-state index in [1.54, 1.807) is 0 Å². The monoisotopic (exact) mass is 212 g/mol. The number of nitrogens with zero attached hydrogens (tertiary/aromatic N) is 2. The van der Waals surface area contributed by atoms with E-state index in [2.05, 4.69) is 37.6 Å². The van der Waals surface area contributed by atoms with Gasteiger partial charge in [-0.3, -0.25) is 4.90 Å². The van der Waals surface area contributed by atoms with Gasteiger partial charge in [0.1, 0.15) is 0 Å². The molecule has 0 aromatic heterocycles. The zero-order chi connectivity index (χ0) is 11.1. The smallest absolute Gasteiger partial charge is 0.0829 e. The molecule has 2 rings (SSSR count). The summed E-state index contributed by atoms with van der Waals surface area (Å²) in [6.07, 6.45) is 0.495. The first-order valence-corrected chi connectivity index (χ1v) is 6.00. The van der Waals surface area contributed by atoms with Crippen molar-refractivity contribution in [2.45, 2.75) is 32.4 Å². The summed E-state index contributed by atoms with van der Waals surface area (Å²) in [7, 11) is 2.17. The third kappa shape index (κ3) is 2.71. The van der Waals surface area contributed by atoms with Crippen molar-refractivity contribution < 1.29 is 4.74 Å². The molecule has 3 nitrogen and oxygen atoms in total. The summed E-state index contributed by atoms with van der Waals surface area (Å²) in [5, 5.41) is 0. The SMILES string of the molecule is CN1CC(COC2CN(C(C)(C)C)C2)C1. The molecule has 2 saturated heterocycles. The molecule has 0 amide bonds. The molecule has 0 bridgehead atoms. The van der Waals surface area contributed by atoms with Crippen LogP contribution in [0, 0.1) is 5.92 Å². The summed E-state index contributed by atoms with van der Waals surface area (Å²) in [6, 6.07) is 0. The molecular formula is C12H24N2O. The second-order valence-corrected chi connectivity index (χ2v) is 6.12. The van der Waals surface area contributed by atoms with E-state index < -0.39 is 0 Å². The number of hydrogen-bond donors (Lipinski definition) is 0. The average molecular weight is 212 g/mol. The summed E-state index contributed by atoms with van der Waals surface area (Å²) in [4.78, 5) is 4.82. The normalized spacial score (nSPS) is 26.4. The molecule has 0 N–H and O–H groups in total. The van der Waals surface area contributed by atoms with Crippen molar-refractivity contribution >= 4 is 0 Å². The van der Waals surface area contributed by atoms with Crippen LogP contribution >= 0.6 is 0 Å². The zero-order valence-corrected chi connectivity index (χ0v) is 10.5. The number of hydrogen-bond acceptors (Lipinski definition) is 3. The van der Waals surface area contributed by atoms with Crippen LogP contribution in [0.5, 0.6) is 0 Å². The van der Waals surface area contributed by atoms with Crippen LogP contribution < -0.4 is 0 Å². The summed E-state index contributed by atoms with van der Waals surface area (Å²) in [5.41, 5.74) is 0.316. The van der Waals surface area contributed by atoms with Gasteiger partial charge in [0.25, 0.3) is 0 Å². The largest absolute Gasteiger partial charge is 0.375 e. The maximum atomic E-state index is 5.89. The van der Waals surface area contributed by atoms with Crippen LogP contribution in [0.3, 0.4) is 0 Å². The van der Waals surface area contributed by atoms with Gasteiger partial charge in [-0.2, -0.15) is 0 Å². The summed E-state index contributed by atoms with van der Waals surface area (Å²) in [6.45, 7) is 12.4. The molecular weight excluding hydrogens is 188 g/mol. The molecule has 0 saturated carbocycles. The molecule has 0 atom stereocenters. The minimum Gasteiger partial charge on any atom is -0.375 e. The highest BCUT2D eigenvalue weighted by Crippen LogP contribution is 2.24. The topological polar surface area (TPSA) is 15.7 Å². The van der Waals surface area contributed by atoms with Crippen LogP contribution in [0.4, 0.5) is 0 Å². The van der Waals surface area contributed by atoms with E-state index in [9.17, 15) is 0 Å². The Hall–Kier alpha value is -0.120. The van der Waals surface area contributed by atoms with Crippen LogP contribution in [0.15, 0.2) is 0 Å². The van der Waals surface area contributed by atoms with Gasteiger partial charge in [-0.15, -0.1) is 0 Å². The highest BCUT2D eigenvalue weighted by molar-refractivity contribution is 4.90. The Bertz CT molecular complexity index is 212. The number of rotatable bonds is 3. The summed E-state index contributed by atoms with van der Waals surface area (Å²) < 4.78 is 5.89. The van der Waals surface area contributed by atoms with Crippen molar-refractivity contribution in [3.63, 3.8) is 0 Å². The standard InChI is InChI=1S/C12H24N2O/c1-12(2,3)14-7-11(8-14)15-9-10-5-13(4)6-10/h10-11H,5-9H2,1-4H3. The Labute approximate surface area is 93.4 Å². The Balaban J connectivity index is 1.56. The van der Waals surface area contributed by atoms with Crippen molar-refractivity contribution in [3.8, 4) is 0 Å². The minimum atomic E-state index is 0.316. The van der Waals surface area contributed by atoms with Gasteiger partial charge in [-0.25, -0.2) is 0 Å². The Morgan fingerprint density at radius 3 is 2.20 bits per heavy atom. The molecule has 2 aliphatic heterocycles. The van der Waals surface area contributed by atoms with Gasteiger partial charge in [-0.1, -0.05) is 0 Å². The zero-order valence-electron chi connectivity index (χ0n) is 10.5. The maximum Gasteiger partial charge on any atom is 0.0829 e. The fourth-order valence-electron chi connectivity index (χ4n) is 2.30. The van der Waals surface area contributed by atoms with E-state index in [4.69, 9.17) is 4.74 Å². The van der Waals surface area contributed by atoms with E-state index in [1.165, 1.54) is 13.1 Å². The van der Waals surface area contributed by atoms with E-state index in [-0.39, 0.29) is 0 Å². The van der Waals surface area contributed by atoms with Gasteiger partial charge >= 0.3 is 0 Å². The second kappa shape index (κ2) is 4.04. The van der Waals surface area contributed by atoms with E-state index >= 15 is 0 Å². The second-order valence-electron chi connectivity index (χ2n) is 6.12. The molecule has 0 radical (unpaired) electrons. The molecule has 3 heteroatoms. The average Bonchev–Trinajstić information content (AvgIpc) is 1.94. The maximum absolute atomic E-state index is 5.89. The van der Waals surface area contributed by atoms with E-state index in [0.717, 1.165) is 25.6 Å². The number of ether oxygens (including phenoxy) is 1. The van der Waals surface area contributed by atoms with Gasteiger partial charge in [-0.05, 0) is 27.8 Å². The lowest BCUT2D eigenvalue weighted by Crippen LogP contribution is -2.60. The minimum absolute atomic E-state index is 0.316. The molecule has 0 spiro atoms. The molecule has 15 heavy (non-hydrogen) atoms. The quantitative estimate of drug-likeness (QED) is 0.695. The Morgan fingerprint density at radius 2 is 1.73 bits per heavy atom. The number of likely N-dealkylation sites (tertiary alicyclic amines) is 2. The highest BCUT2D eigenvalue weighted by atomic mass is 16.5. The van der Waals surface area contributed by atoms with Crippen molar-refractivity contribution in [3.05, 3.63) is 0 Å². The van der Waals surface area contributed by atoms with Gasteiger partial charge in [0.05, 0.1) is 12.7 Å². The molecule has 2 heterocycles. The van der Waals surface area contributed by atoms with Crippen molar-refractivity contribution in [2.75, 3.05) is 39.8 Å². The molecule has 2 fully saturated rings. The predicted octanol–water partition coefficient (Wildman–Crippen LogP) is 1.05. The first-order chi connectivity index (χ1) is 6.95. The van der Waals surface area contributed by atoms with Crippen LogP contribution in [0.1, 0.15) is 20.8 Å². The molecule has 2 aliphatic rings. The molecule has 88 valence electrons. The van der Waals surface area contributed by atoms with Gasteiger partial charge in [0, 0.05) is 37.6 Å². The Kier molecular flexibility index (Phi) is 3.06. The third-order valence-corrected chi connectivity index (χ3v) is 3.50. The van der Waals surface area contributed by atoms with Crippen molar-refractivity contribution in [1.29, 1.82) is 0 Å². The van der Waals surface area contributed by atoms with Crippen LogP contribution in [-0.2, 0) is 4.74 Å². The lowest BCUT2D eigenvalue weighted by atomic mass is 9.98. The predicted molar refractivity (Wildman–Crippen MR) is 62.1 cm³/mol. The van der Waals surface area contributed by atoms with E-state index in [0.29, 0.717) is 11.6 Å². The van der Waals surface area contributed by atoms with Crippen LogP contribution in [-0.4, -0.2) is 61.3 Å². The third-order valence-electron chi connectivity index (χ3n) is 3.50. The van der Waals surface area contributed by atoms with Crippen LogP contribution in [0.2, 0.25) is 0 Å². The van der Waals surface area contributed by atoms with Gasteiger partial charge in [0.2, 0.25) is 0 Å². The fraction of sp³-hybridized carbons (Fsp3) is 1.00. The van der Waals surface area contributed by atoms with Gasteiger partial charge in [0.15, 0.2) is 0 Å². The summed E-state index contributed by atoms with van der Waals surface area (Å²) >= 11 is 0. The summed E-state index contributed by atoms with van der Waals surface area (Å²) in [5.74, 6) is 0.790. The van der Waals surface area contributed by atoms with Crippen LogP contribution in [0.25, 0.3) is 0 Å². The first kappa shape index (κ1) is 11.4. The van der Waals surface area contributed by atoms with Crippen molar-refractivity contribution in [1.82, 2.24) is 9.80 Å². The Morgan fingerprint density at radius 1 is 1.13 bits per heavy atom. The van der Waals surface area contributed by atoms with E-state index in [1.807, 2.05) is 0 Å². The molecule has 0 aliphatic carbocycles. The molecule has 0 aromatic carbocycles. The molecule has 0 aromatic rings.